The van der Waals surface area contributed by atoms with Crippen LogP contribution < -0.4 is 20.5 Å². The van der Waals surface area contributed by atoms with Crippen LogP contribution in [-0.4, -0.2) is 25.2 Å². The molecule has 0 saturated carbocycles. The first kappa shape index (κ1) is 14.2. The van der Waals surface area contributed by atoms with E-state index in [1.165, 1.54) is 0 Å². The Morgan fingerprint density at radius 1 is 1.33 bits per heavy atom. The van der Waals surface area contributed by atoms with Crippen molar-refractivity contribution in [2.24, 2.45) is 0 Å². The molecule has 100 valence electrons. The van der Waals surface area contributed by atoms with Crippen LogP contribution in [0.1, 0.15) is 20.8 Å². The number of ether oxygens (including phenoxy) is 2. The van der Waals surface area contributed by atoms with Gasteiger partial charge in [0.2, 0.25) is 0 Å². The van der Waals surface area contributed by atoms with Gasteiger partial charge in [-0.3, -0.25) is 4.79 Å². The predicted molar refractivity (Wildman–Crippen MR) is 70.8 cm³/mol. The smallest absolute Gasteiger partial charge is 0.260 e. The van der Waals surface area contributed by atoms with Crippen molar-refractivity contribution in [1.29, 1.82) is 0 Å². The molecule has 1 aromatic rings. The molecule has 3 N–H and O–H groups in total. The molecular weight excluding hydrogens is 232 g/mol. The first-order valence-corrected chi connectivity index (χ1v) is 5.84. The van der Waals surface area contributed by atoms with Gasteiger partial charge >= 0.3 is 0 Å². The first-order valence-electron chi connectivity index (χ1n) is 5.84. The van der Waals surface area contributed by atoms with Gasteiger partial charge in [-0.05, 0) is 32.9 Å². The number of rotatable bonds is 5. The molecule has 5 heteroatoms. The Labute approximate surface area is 107 Å². The molecular formula is C13H20N2O3. The molecule has 0 saturated heterocycles. The zero-order valence-electron chi connectivity index (χ0n) is 11.2. The van der Waals surface area contributed by atoms with Gasteiger partial charge in [-0.2, -0.15) is 0 Å². The Hall–Kier alpha value is -1.91. The molecule has 0 aliphatic rings. The van der Waals surface area contributed by atoms with Gasteiger partial charge in [0.15, 0.2) is 6.10 Å². The van der Waals surface area contributed by atoms with E-state index in [1.807, 2.05) is 13.8 Å². The van der Waals surface area contributed by atoms with Gasteiger partial charge in [-0.15, -0.1) is 0 Å². The van der Waals surface area contributed by atoms with Crippen LogP contribution in [0, 0.1) is 0 Å². The summed E-state index contributed by atoms with van der Waals surface area (Å²) in [5.74, 6) is 0.906. The number of nitrogens with one attached hydrogen (secondary N) is 1. The summed E-state index contributed by atoms with van der Waals surface area (Å²) >= 11 is 0. The second kappa shape index (κ2) is 6.14. The minimum absolute atomic E-state index is 0.0752. The lowest BCUT2D eigenvalue weighted by atomic mass is 10.2. The highest BCUT2D eigenvalue weighted by Crippen LogP contribution is 2.27. The number of methoxy groups -OCH3 is 1. The maximum atomic E-state index is 11.7. The fourth-order valence-electron chi connectivity index (χ4n) is 1.39. The minimum Gasteiger partial charge on any atom is -0.497 e. The van der Waals surface area contributed by atoms with Crippen molar-refractivity contribution in [1.82, 2.24) is 5.32 Å². The van der Waals surface area contributed by atoms with Gasteiger partial charge in [0.05, 0.1) is 12.8 Å². The highest BCUT2D eigenvalue weighted by atomic mass is 16.5. The van der Waals surface area contributed by atoms with Crippen molar-refractivity contribution >= 4 is 11.6 Å². The van der Waals surface area contributed by atoms with Crippen LogP contribution in [0.25, 0.3) is 0 Å². The van der Waals surface area contributed by atoms with E-state index in [4.69, 9.17) is 15.2 Å². The Morgan fingerprint density at radius 3 is 2.56 bits per heavy atom. The summed E-state index contributed by atoms with van der Waals surface area (Å²) in [5.41, 5.74) is 6.25. The average Bonchev–Trinajstić information content (AvgIpc) is 2.31. The number of nitrogens with two attached hydrogens (primary N) is 1. The molecule has 5 nitrogen and oxygen atoms in total. The van der Waals surface area contributed by atoms with Crippen LogP contribution in [0.4, 0.5) is 5.69 Å². The molecule has 0 fully saturated rings. The highest BCUT2D eigenvalue weighted by molar-refractivity contribution is 5.81. The number of carbonyl (C=O) groups excluding carboxylic acids is 1. The lowest BCUT2D eigenvalue weighted by molar-refractivity contribution is -0.127. The molecule has 1 amide bonds. The molecule has 0 aromatic heterocycles. The lowest BCUT2D eigenvalue weighted by Crippen LogP contribution is -2.40. The molecule has 0 radical (unpaired) electrons. The first-order chi connectivity index (χ1) is 8.43. The third-order valence-corrected chi connectivity index (χ3v) is 2.32. The second-order valence-corrected chi connectivity index (χ2v) is 4.33. The molecule has 1 aromatic carbocycles. The van der Waals surface area contributed by atoms with E-state index in [2.05, 4.69) is 5.32 Å². The van der Waals surface area contributed by atoms with E-state index in [1.54, 1.807) is 32.2 Å². The van der Waals surface area contributed by atoms with Crippen molar-refractivity contribution in [2.45, 2.75) is 32.9 Å². The molecule has 0 aliphatic carbocycles. The molecule has 0 spiro atoms. The van der Waals surface area contributed by atoms with E-state index < -0.39 is 6.10 Å². The Kier molecular flexibility index (Phi) is 4.83. The van der Waals surface area contributed by atoms with Crippen LogP contribution in [0.5, 0.6) is 11.5 Å². The third-order valence-electron chi connectivity index (χ3n) is 2.32. The molecule has 1 rings (SSSR count). The fraction of sp³-hybridized carbons (Fsp3) is 0.462. The monoisotopic (exact) mass is 252 g/mol. The number of carbonyl (C=O) groups is 1. The number of hydrogen-bond acceptors (Lipinski definition) is 4. The fourth-order valence-corrected chi connectivity index (χ4v) is 1.39. The lowest BCUT2D eigenvalue weighted by Gasteiger charge is -2.17. The van der Waals surface area contributed by atoms with Crippen molar-refractivity contribution in [3.8, 4) is 11.5 Å². The molecule has 0 heterocycles. The zero-order chi connectivity index (χ0) is 13.7. The van der Waals surface area contributed by atoms with E-state index in [-0.39, 0.29) is 11.9 Å². The molecule has 18 heavy (non-hydrogen) atoms. The van der Waals surface area contributed by atoms with Gasteiger partial charge in [-0.25, -0.2) is 0 Å². The second-order valence-electron chi connectivity index (χ2n) is 4.33. The number of amides is 1. The summed E-state index contributed by atoms with van der Waals surface area (Å²) < 4.78 is 10.6. The summed E-state index contributed by atoms with van der Waals surface area (Å²) in [6.07, 6.45) is -0.609. The van der Waals surface area contributed by atoms with Gasteiger partial charge < -0.3 is 20.5 Å². The van der Waals surface area contributed by atoms with Crippen molar-refractivity contribution in [3.05, 3.63) is 18.2 Å². The van der Waals surface area contributed by atoms with Gasteiger partial charge in [0.25, 0.3) is 5.91 Å². The number of hydrogen-bond donors (Lipinski definition) is 2. The van der Waals surface area contributed by atoms with E-state index in [0.29, 0.717) is 17.2 Å². The average molecular weight is 252 g/mol. The summed E-state index contributed by atoms with van der Waals surface area (Å²) in [4.78, 5) is 11.7. The number of nitrogen functional groups attached to an aromatic ring is 1. The van der Waals surface area contributed by atoms with E-state index >= 15 is 0 Å². The van der Waals surface area contributed by atoms with Crippen LogP contribution in [0.15, 0.2) is 18.2 Å². The SMILES string of the molecule is COc1ccc(N)c(OC(C)C(=O)NC(C)C)c1. The minimum atomic E-state index is -0.609. The number of anilines is 1. The van der Waals surface area contributed by atoms with Crippen molar-refractivity contribution in [2.75, 3.05) is 12.8 Å². The summed E-state index contributed by atoms with van der Waals surface area (Å²) in [6.45, 7) is 5.46. The largest absolute Gasteiger partial charge is 0.497 e. The maximum absolute atomic E-state index is 11.7. The van der Waals surface area contributed by atoms with Gasteiger partial charge in [0.1, 0.15) is 11.5 Å². The summed E-state index contributed by atoms with van der Waals surface area (Å²) in [5, 5.41) is 2.77. The van der Waals surface area contributed by atoms with E-state index in [9.17, 15) is 4.79 Å². The summed E-state index contributed by atoms with van der Waals surface area (Å²) in [6, 6.07) is 5.16. The quantitative estimate of drug-likeness (QED) is 0.780. The van der Waals surface area contributed by atoms with Gasteiger partial charge in [-0.1, -0.05) is 0 Å². The highest BCUT2D eigenvalue weighted by Gasteiger charge is 2.16. The van der Waals surface area contributed by atoms with Crippen molar-refractivity contribution in [3.63, 3.8) is 0 Å². The molecule has 0 aliphatic heterocycles. The zero-order valence-corrected chi connectivity index (χ0v) is 11.2. The maximum Gasteiger partial charge on any atom is 0.260 e. The molecule has 1 atom stereocenters. The van der Waals surface area contributed by atoms with Crippen LogP contribution >= 0.6 is 0 Å². The summed E-state index contributed by atoms with van der Waals surface area (Å²) in [7, 11) is 1.56. The van der Waals surface area contributed by atoms with Crippen LogP contribution in [0.2, 0.25) is 0 Å². The topological polar surface area (TPSA) is 73.6 Å². The standard InChI is InChI=1S/C13H20N2O3/c1-8(2)15-13(16)9(3)18-12-7-10(17-4)5-6-11(12)14/h5-9H,14H2,1-4H3,(H,15,16). The molecule has 0 bridgehead atoms. The van der Waals surface area contributed by atoms with Crippen LogP contribution in [-0.2, 0) is 4.79 Å². The van der Waals surface area contributed by atoms with Crippen molar-refractivity contribution < 1.29 is 14.3 Å². The Morgan fingerprint density at radius 2 is 2.00 bits per heavy atom. The third kappa shape index (κ3) is 3.84. The van der Waals surface area contributed by atoms with Gasteiger partial charge in [0, 0.05) is 12.1 Å². The predicted octanol–water partition coefficient (Wildman–Crippen LogP) is 1.57. The normalized spacial score (nSPS) is 12.1. The Bertz CT molecular complexity index is 419. The van der Waals surface area contributed by atoms with Crippen LogP contribution in [0.3, 0.4) is 0 Å². The molecule has 1 unspecified atom stereocenters. The van der Waals surface area contributed by atoms with E-state index in [0.717, 1.165) is 0 Å². The Balaban J connectivity index is 2.74. The number of benzene rings is 1.